The number of nitrogens with two attached hydrogens (primary N) is 1. The van der Waals surface area contributed by atoms with Gasteiger partial charge in [-0.15, -0.1) is 0 Å². The first kappa shape index (κ1) is 18.4. The van der Waals surface area contributed by atoms with Crippen LogP contribution in [0.5, 0.6) is 0 Å². The van der Waals surface area contributed by atoms with Crippen molar-refractivity contribution >= 4 is 21.6 Å². The first-order chi connectivity index (χ1) is 12.5. The van der Waals surface area contributed by atoms with E-state index in [1.807, 2.05) is 18.2 Å². The fourth-order valence-electron chi connectivity index (χ4n) is 3.23. The van der Waals surface area contributed by atoms with Gasteiger partial charge in [-0.25, -0.2) is 13.1 Å². The van der Waals surface area contributed by atoms with Gasteiger partial charge in [-0.1, -0.05) is 24.3 Å². The van der Waals surface area contributed by atoms with Crippen molar-refractivity contribution in [1.82, 2.24) is 10.0 Å². The molecular formula is C19H23N3O3S. The van der Waals surface area contributed by atoms with E-state index >= 15 is 0 Å². The van der Waals surface area contributed by atoms with Gasteiger partial charge in [0, 0.05) is 18.7 Å². The minimum atomic E-state index is -3.59. The summed E-state index contributed by atoms with van der Waals surface area (Å²) in [5.74, 6) is -0.171. The van der Waals surface area contributed by atoms with E-state index in [2.05, 4.69) is 10.0 Å². The molecule has 1 atom stereocenters. The second-order valence-corrected chi connectivity index (χ2v) is 8.20. The molecule has 6 nitrogen and oxygen atoms in total. The number of nitrogen functional groups attached to an aromatic ring is 1. The molecule has 0 saturated heterocycles. The molecule has 0 radical (unpaired) electrons. The van der Waals surface area contributed by atoms with Crippen molar-refractivity contribution in [2.24, 2.45) is 0 Å². The number of carbonyl (C=O) groups is 1. The van der Waals surface area contributed by atoms with Crippen molar-refractivity contribution in [1.29, 1.82) is 0 Å². The first-order valence-corrected chi connectivity index (χ1v) is 10.2. The van der Waals surface area contributed by atoms with Gasteiger partial charge in [-0.2, -0.15) is 0 Å². The molecule has 138 valence electrons. The van der Waals surface area contributed by atoms with E-state index in [1.54, 1.807) is 18.2 Å². The molecule has 1 aliphatic carbocycles. The van der Waals surface area contributed by atoms with Crippen LogP contribution in [0.2, 0.25) is 0 Å². The maximum Gasteiger partial charge on any atom is 0.240 e. The summed E-state index contributed by atoms with van der Waals surface area (Å²) < 4.78 is 26.8. The summed E-state index contributed by atoms with van der Waals surface area (Å²) in [7, 11) is -3.59. The molecule has 26 heavy (non-hydrogen) atoms. The molecule has 1 amide bonds. The lowest BCUT2D eigenvalue weighted by atomic mass is 9.87. The number of hydrogen-bond donors (Lipinski definition) is 3. The number of nitrogens with one attached hydrogen (secondary N) is 2. The average Bonchev–Trinajstić information content (AvgIpc) is 2.62. The largest absolute Gasteiger partial charge is 0.399 e. The first-order valence-electron chi connectivity index (χ1n) is 8.68. The van der Waals surface area contributed by atoms with Crippen molar-refractivity contribution in [3.05, 3.63) is 59.7 Å². The highest BCUT2D eigenvalue weighted by atomic mass is 32.2. The Morgan fingerprint density at radius 1 is 1.15 bits per heavy atom. The summed E-state index contributed by atoms with van der Waals surface area (Å²) in [5, 5.41) is 3.01. The van der Waals surface area contributed by atoms with Gasteiger partial charge in [0.1, 0.15) is 0 Å². The van der Waals surface area contributed by atoms with E-state index in [0.717, 1.165) is 30.5 Å². The molecule has 3 rings (SSSR count). The SMILES string of the molecule is Nc1ccc2c(c1)CCCC2NC(=O)CCNS(=O)(=O)c1ccccc1. The molecule has 4 N–H and O–H groups in total. The standard InChI is InChI=1S/C19H23N3O3S/c20-15-9-10-17-14(13-15)5-4-8-18(17)22-19(23)11-12-21-26(24,25)16-6-2-1-3-7-16/h1-3,6-7,9-10,13,18,21H,4-5,8,11-12,20H2,(H,22,23). The fraction of sp³-hybridized carbons (Fsp3) is 0.316. The highest BCUT2D eigenvalue weighted by Gasteiger charge is 2.22. The lowest BCUT2D eigenvalue weighted by molar-refractivity contribution is -0.121. The van der Waals surface area contributed by atoms with Crippen molar-refractivity contribution in [3.8, 4) is 0 Å². The number of carbonyl (C=O) groups excluding carboxylic acids is 1. The zero-order chi connectivity index (χ0) is 18.6. The van der Waals surface area contributed by atoms with E-state index in [4.69, 9.17) is 5.73 Å². The third kappa shape index (κ3) is 4.42. The molecule has 0 aromatic heterocycles. The second-order valence-electron chi connectivity index (χ2n) is 6.43. The summed E-state index contributed by atoms with van der Waals surface area (Å²) in [5.41, 5.74) is 8.83. The van der Waals surface area contributed by atoms with Crippen LogP contribution in [-0.2, 0) is 21.2 Å². The number of amides is 1. The summed E-state index contributed by atoms with van der Waals surface area (Å²) >= 11 is 0. The fourth-order valence-corrected chi connectivity index (χ4v) is 4.29. The van der Waals surface area contributed by atoms with Crippen LogP contribution in [0.1, 0.15) is 36.4 Å². The zero-order valence-electron chi connectivity index (χ0n) is 14.4. The molecule has 0 saturated carbocycles. The summed E-state index contributed by atoms with van der Waals surface area (Å²) in [6, 6.07) is 13.8. The molecule has 0 heterocycles. The molecule has 1 unspecified atom stereocenters. The Balaban J connectivity index is 1.54. The van der Waals surface area contributed by atoms with Gasteiger partial charge in [0.05, 0.1) is 10.9 Å². The third-order valence-electron chi connectivity index (χ3n) is 4.51. The molecular weight excluding hydrogens is 350 g/mol. The Kier molecular flexibility index (Phi) is 5.58. The number of rotatable bonds is 6. The number of aryl methyl sites for hydroxylation is 1. The Bertz CT molecular complexity index is 882. The molecule has 2 aromatic carbocycles. The number of benzene rings is 2. The molecule has 7 heteroatoms. The predicted molar refractivity (Wildman–Crippen MR) is 101 cm³/mol. The van der Waals surface area contributed by atoms with Crippen molar-refractivity contribution < 1.29 is 13.2 Å². The normalized spacial score (nSPS) is 16.7. The van der Waals surface area contributed by atoms with E-state index in [9.17, 15) is 13.2 Å². The van der Waals surface area contributed by atoms with Gasteiger partial charge in [-0.05, 0) is 54.7 Å². The Morgan fingerprint density at radius 2 is 1.92 bits per heavy atom. The van der Waals surface area contributed by atoms with E-state index in [-0.39, 0.29) is 29.8 Å². The highest BCUT2D eigenvalue weighted by molar-refractivity contribution is 7.89. The van der Waals surface area contributed by atoms with Crippen molar-refractivity contribution in [2.75, 3.05) is 12.3 Å². The van der Waals surface area contributed by atoms with Crippen LogP contribution in [0.4, 0.5) is 5.69 Å². The van der Waals surface area contributed by atoms with Gasteiger partial charge >= 0.3 is 0 Å². The van der Waals surface area contributed by atoms with Crippen LogP contribution >= 0.6 is 0 Å². The lowest BCUT2D eigenvalue weighted by Gasteiger charge is -2.26. The van der Waals surface area contributed by atoms with Crippen LogP contribution in [0, 0.1) is 0 Å². The minimum absolute atomic E-state index is 0.0439. The van der Waals surface area contributed by atoms with E-state index < -0.39 is 10.0 Å². The average molecular weight is 373 g/mol. The van der Waals surface area contributed by atoms with Crippen LogP contribution in [0.3, 0.4) is 0 Å². The van der Waals surface area contributed by atoms with Crippen LogP contribution < -0.4 is 15.8 Å². The van der Waals surface area contributed by atoms with Gasteiger partial charge in [0.2, 0.25) is 15.9 Å². The third-order valence-corrected chi connectivity index (χ3v) is 5.99. The molecule has 0 bridgehead atoms. The minimum Gasteiger partial charge on any atom is -0.399 e. The van der Waals surface area contributed by atoms with Gasteiger partial charge in [0.15, 0.2) is 0 Å². The number of hydrogen-bond acceptors (Lipinski definition) is 4. The van der Waals surface area contributed by atoms with E-state index in [1.165, 1.54) is 17.7 Å². The number of fused-ring (bicyclic) bond motifs is 1. The van der Waals surface area contributed by atoms with Crippen LogP contribution in [-0.4, -0.2) is 20.9 Å². The molecule has 2 aromatic rings. The molecule has 0 fully saturated rings. The van der Waals surface area contributed by atoms with Gasteiger partial charge in [0.25, 0.3) is 0 Å². The van der Waals surface area contributed by atoms with Crippen LogP contribution in [0.25, 0.3) is 0 Å². The van der Waals surface area contributed by atoms with E-state index in [0.29, 0.717) is 0 Å². The molecule has 1 aliphatic rings. The molecule has 0 spiro atoms. The van der Waals surface area contributed by atoms with Crippen molar-refractivity contribution in [2.45, 2.75) is 36.6 Å². The topological polar surface area (TPSA) is 101 Å². The Morgan fingerprint density at radius 3 is 2.69 bits per heavy atom. The second kappa shape index (κ2) is 7.88. The highest BCUT2D eigenvalue weighted by Crippen LogP contribution is 2.30. The summed E-state index contributed by atoms with van der Waals surface area (Å²) in [6.07, 6.45) is 2.91. The smallest absolute Gasteiger partial charge is 0.240 e. The maximum atomic E-state index is 12.2. The van der Waals surface area contributed by atoms with Crippen molar-refractivity contribution in [3.63, 3.8) is 0 Å². The number of sulfonamides is 1. The monoisotopic (exact) mass is 373 g/mol. The Labute approximate surface area is 153 Å². The molecule has 0 aliphatic heterocycles. The zero-order valence-corrected chi connectivity index (χ0v) is 15.3. The maximum absolute atomic E-state index is 12.2. The quantitative estimate of drug-likeness (QED) is 0.675. The summed E-state index contributed by atoms with van der Waals surface area (Å²) in [4.78, 5) is 12.4. The lowest BCUT2D eigenvalue weighted by Crippen LogP contribution is -2.34. The summed E-state index contributed by atoms with van der Waals surface area (Å²) in [6.45, 7) is 0.0599. The Hall–Kier alpha value is -2.38. The van der Waals surface area contributed by atoms with Crippen LogP contribution in [0.15, 0.2) is 53.4 Å². The van der Waals surface area contributed by atoms with Gasteiger partial charge in [-0.3, -0.25) is 4.79 Å². The number of anilines is 1. The van der Waals surface area contributed by atoms with Gasteiger partial charge < -0.3 is 11.1 Å². The predicted octanol–water partition coefficient (Wildman–Crippen LogP) is 2.13.